The second-order valence-electron chi connectivity index (χ2n) is 12.9. The molecule has 0 saturated carbocycles. The summed E-state index contributed by atoms with van der Waals surface area (Å²) in [6, 6.07) is 0. The van der Waals surface area contributed by atoms with Crippen molar-refractivity contribution in [2.24, 2.45) is 0 Å². The van der Waals surface area contributed by atoms with Gasteiger partial charge in [-0.15, -0.1) is 0 Å². The minimum absolute atomic E-state index is 0.0348. The van der Waals surface area contributed by atoms with Gasteiger partial charge in [0.05, 0.1) is 36.8 Å². The molecule has 2 aliphatic rings. The number of likely N-dealkylation sites (tertiary alicyclic amines) is 1. The lowest BCUT2D eigenvalue weighted by Crippen LogP contribution is -2.35. The number of phenols is 3. The summed E-state index contributed by atoms with van der Waals surface area (Å²) >= 11 is 0. The number of hydrogen-bond acceptors (Lipinski definition) is 9. The second-order valence-corrected chi connectivity index (χ2v) is 12.9. The van der Waals surface area contributed by atoms with E-state index < -0.39 is 5.43 Å². The summed E-state index contributed by atoms with van der Waals surface area (Å²) in [5.41, 5.74) is 3.81. The Morgan fingerprint density at radius 1 is 0.711 bits per heavy atom. The minimum atomic E-state index is -0.405. The van der Waals surface area contributed by atoms with Gasteiger partial charge in [-0.3, -0.25) is 14.6 Å². The van der Waals surface area contributed by atoms with Crippen LogP contribution in [0.25, 0.3) is 21.9 Å². The summed E-state index contributed by atoms with van der Waals surface area (Å²) in [6.07, 6.45) is 8.92. The van der Waals surface area contributed by atoms with Crippen LogP contribution in [0.2, 0.25) is 0 Å². The van der Waals surface area contributed by atoms with E-state index in [2.05, 4.69) is 9.80 Å². The SMILES string of the molecule is COc1c(O)c(CN2CCCCCC2)c2oc3c(CN4CCOCC4)c(O)c(CC=C(C)C)c(O)c3c(=O)c2c1CC=C(C)C. The van der Waals surface area contributed by atoms with Gasteiger partial charge in [-0.1, -0.05) is 36.1 Å². The molecule has 244 valence electrons. The maximum Gasteiger partial charge on any atom is 0.204 e. The monoisotopic (exact) mass is 620 g/mol. The third kappa shape index (κ3) is 6.86. The first-order valence-corrected chi connectivity index (χ1v) is 16.2. The van der Waals surface area contributed by atoms with Gasteiger partial charge < -0.3 is 29.2 Å². The highest BCUT2D eigenvalue weighted by Gasteiger charge is 2.30. The molecule has 3 heterocycles. The zero-order chi connectivity index (χ0) is 32.2. The van der Waals surface area contributed by atoms with Gasteiger partial charge in [0.1, 0.15) is 22.5 Å². The van der Waals surface area contributed by atoms with Gasteiger partial charge >= 0.3 is 0 Å². The largest absolute Gasteiger partial charge is 0.507 e. The van der Waals surface area contributed by atoms with Gasteiger partial charge in [-0.25, -0.2) is 0 Å². The van der Waals surface area contributed by atoms with Gasteiger partial charge in [0.25, 0.3) is 0 Å². The van der Waals surface area contributed by atoms with E-state index in [1.165, 1.54) is 7.11 Å². The third-order valence-electron chi connectivity index (χ3n) is 9.03. The Bertz CT molecular complexity index is 1670. The quantitative estimate of drug-likeness (QED) is 0.187. The molecule has 5 rings (SSSR count). The van der Waals surface area contributed by atoms with E-state index in [9.17, 15) is 20.1 Å². The van der Waals surface area contributed by atoms with Crippen molar-refractivity contribution in [2.75, 3.05) is 46.5 Å². The van der Waals surface area contributed by atoms with Crippen molar-refractivity contribution in [3.05, 3.63) is 55.8 Å². The summed E-state index contributed by atoms with van der Waals surface area (Å²) in [5, 5.41) is 35.4. The van der Waals surface area contributed by atoms with Crippen LogP contribution in [-0.4, -0.2) is 71.6 Å². The first-order valence-electron chi connectivity index (χ1n) is 16.2. The van der Waals surface area contributed by atoms with Crippen LogP contribution in [0.1, 0.15) is 75.6 Å². The van der Waals surface area contributed by atoms with Crippen LogP contribution >= 0.6 is 0 Å². The minimum Gasteiger partial charge on any atom is -0.507 e. The number of nitrogens with zero attached hydrogens (tertiary/aromatic N) is 2. The number of methoxy groups -OCH3 is 1. The lowest BCUT2D eigenvalue weighted by Gasteiger charge is -2.28. The zero-order valence-electron chi connectivity index (χ0n) is 27.4. The topological polar surface area (TPSA) is 116 Å². The van der Waals surface area contributed by atoms with Gasteiger partial charge in [0.15, 0.2) is 17.1 Å². The molecule has 3 aromatic rings. The lowest BCUT2D eigenvalue weighted by atomic mass is 9.94. The van der Waals surface area contributed by atoms with Crippen LogP contribution in [0.3, 0.4) is 0 Å². The fourth-order valence-corrected chi connectivity index (χ4v) is 6.52. The average molecular weight is 621 g/mol. The lowest BCUT2D eigenvalue weighted by molar-refractivity contribution is 0.0339. The summed E-state index contributed by atoms with van der Waals surface area (Å²) in [4.78, 5) is 19.2. The molecular formula is C36H48N2O7. The molecule has 0 bridgehead atoms. The van der Waals surface area contributed by atoms with Crippen molar-refractivity contribution in [1.82, 2.24) is 9.80 Å². The Labute approximate surface area is 265 Å². The maximum absolute atomic E-state index is 14.8. The smallest absolute Gasteiger partial charge is 0.204 e. The number of aromatic hydroxyl groups is 3. The van der Waals surface area contributed by atoms with Crippen LogP contribution in [0, 0.1) is 0 Å². The molecule has 2 fully saturated rings. The summed E-state index contributed by atoms with van der Waals surface area (Å²) in [6.45, 7) is 12.7. The zero-order valence-corrected chi connectivity index (χ0v) is 27.4. The third-order valence-corrected chi connectivity index (χ3v) is 9.03. The normalized spacial score (nSPS) is 16.6. The van der Waals surface area contributed by atoms with E-state index >= 15 is 0 Å². The molecule has 0 atom stereocenters. The summed E-state index contributed by atoms with van der Waals surface area (Å²) < 4.78 is 18.1. The Morgan fingerprint density at radius 3 is 1.82 bits per heavy atom. The summed E-state index contributed by atoms with van der Waals surface area (Å²) in [5.74, 6) is -0.163. The summed E-state index contributed by atoms with van der Waals surface area (Å²) in [7, 11) is 1.50. The Hall–Kier alpha value is -3.53. The number of phenolic OH excluding ortho intramolecular Hbond substituents is 3. The van der Waals surface area contributed by atoms with Crippen LogP contribution in [-0.2, 0) is 30.7 Å². The van der Waals surface area contributed by atoms with Crippen LogP contribution < -0.4 is 10.2 Å². The van der Waals surface area contributed by atoms with Gasteiger partial charge in [0, 0.05) is 37.3 Å². The number of morpholine rings is 1. The second kappa shape index (κ2) is 14.3. The first kappa shape index (κ1) is 32.9. The molecule has 0 spiro atoms. The van der Waals surface area contributed by atoms with Gasteiger partial charge in [0.2, 0.25) is 5.43 Å². The molecule has 2 aromatic carbocycles. The molecular weight excluding hydrogens is 572 g/mol. The molecule has 0 radical (unpaired) electrons. The molecule has 0 unspecified atom stereocenters. The van der Waals surface area contributed by atoms with Crippen LogP contribution in [0.15, 0.2) is 32.5 Å². The van der Waals surface area contributed by atoms with Crippen molar-refractivity contribution in [1.29, 1.82) is 0 Å². The van der Waals surface area contributed by atoms with Crippen molar-refractivity contribution < 1.29 is 29.2 Å². The maximum atomic E-state index is 14.8. The highest BCUT2D eigenvalue weighted by molar-refractivity contribution is 6.00. The van der Waals surface area contributed by atoms with Gasteiger partial charge in [-0.05, 0) is 66.5 Å². The average Bonchev–Trinajstić information content (AvgIpc) is 3.28. The van der Waals surface area contributed by atoms with E-state index in [-0.39, 0.29) is 51.4 Å². The molecule has 9 heteroatoms. The van der Waals surface area contributed by atoms with Gasteiger partial charge in [-0.2, -0.15) is 0 Å². The van der Waals surface area contributed by atoms with Crippen molar-refractivity contribution in [3.63, 3.8) is 0 Å². The number of allylic oxidation sites excluding steroid dienone is 4. The Balaban J connectivity index is 1.88. The fraction of sp³-hybridized carbons (Fsp3) is 0.528. The van der Waals surface area contributed by atoms with Crippen molar-refractivity contribution in [2.45, 2.75) is 79.3 Å². The Morgan fingerprint density at radius 2 is 1.24 bits per heavy atom. The van der Waals surface area contributed by atoms with E-state index in [0.29, 0.717) is 68.1 Å². The highest BCUT2D eigenvalue weighted by atomic mass is 16.5. The predicted octanol–water partition coefficient (Wildman–Crippen LogP) is 6.30. The molecule has 2 aliphatic heterocycles. The number of rotatable bonds is 9. The molecule has 9 nitrogen and oxygen atoms in total. The molecule has 0 amide bonds. The van der Waals surface area contributed by atoms with Crippen molar-refractivity contribution in [3.8, 4) is 23.0 Å². The molecule has 0 aliphatic carbocycles. The van der Waals surface area contributed by atoms with E-state index in [4.69, 9.17) is 13.9 Å². The number of fused-ring (bicyclic) bond motifs is 2. The molecule has 3 N–H and O–H groups in total. The first-order chi connectivity index (χ1) is 21.6. The van der Waals surface area contributed by atoms with E-state index in [1.807, 2.05) is 39.8 Å². The van der Waals surface area contributed by atoms with E-state index in [0.717, 1.165) is 49.9 Å². The van der Waals surface area contributed by atoms with Crippen LogP contribution in [0.4, 0.5) is 0 Å². The standard InChI is InChI=1S/C36H48N2O7/c1-22(2)10-12-24-28-33(42)29-31(40)25(13-11-23(3)4)30(39)26(20-38-16-18-44-19-17-38)35(29)45-34(28)27(32(41)36(24)43-5)21-37-14-8-6-7-9-15-37/h10-11,39-41H,6-9,12-21H2,1-5H3. The molecule has 2 saturated heterocycles. The van der Waals surface area contributed by atoms with E-state index in [1.54, 1.807) is 0 Å². The van der Waals surface area contributed by atoms with Crippen molar-refractivity contribution >= 4 is 21.9 Å². The molecule has 1 aromatic heterocycles. The number of benzene rings is 2. The fourth-order valence-electron chi connectivity index (χ4n) is 6.52. The highest BCUT2D eigenvalue weighted by Crippen LogP contribution is 2.46. The number of ether oxygens (including phenoxy) is 2. The number of hydrogen-bond donors (Lipinski definition) is 3. The van der Waals surface area contributed by atoms with Crippen LogP contribution in [0.5, 0.6) is 23.0 Å². The molecule has 45 heavy (non-hydrogen) atoms. The predicted molar refractivity (Wildman–Crippen MR) is 178 cm³/mol. The Kier molecular flexibility index (Phi) is 10.4.